The zero-order valence-electron chi connectivity index (χ0n) is 9.89. The summed E-state index contributed by atoms with van der Waals surface area (Å²) in [7, 11) is -3.04. The van der Waals surface area contributed by atoms with Crippen LogP contribution in [-0.2, 0) is 14.8 Å². The van der Waals surface area contributed by atoms with Crippen LogP contribution < -0.4 is 0 Å². The number of carbonyl (C=O) groups is 1. The Kier molecular flexibility index (Phi) is 4.94. The van der Waals surface area contributed by atoms with E-state index in [2.05, 4.69) is 15.9 Å². The molecule has 5 nitrogen and oxygen atoms in total. The van der Waals surface area contributed by atoms with Gasteiger partial charge in [-0.3, -0.25) is 4.79 Å². The van der Waals surface area contributed by atoms with Crippen LogP contribution in [0.3, 0.4) is 0 Å². The molecule has 0 saturated heterocycles. The lowest BCUT2D eigenvalue weighted by Crippen LogP contribution is -2.40. The summed E-state index contributed by atoms with van der Waals surface area (Å²) in [5.74, 6) is -2.01. The Morgan fingerprint density at radius 2 is 2.05 bits per heavy atom. The van der Waals surface area contributed by atoms with Gasteiger partial charge in [0.15, 0.2) is 0 Å². The highest BCUT2D eigenvalue weighted by Gasteiger charge is 2.32. The minimum atomic E-state index is -4.15. The van der Waals surface area contributed by atoms with Gasteiger partial charge in [0.05, 0.1) is 5.02 Å². The van der Waals surface area contributed by atoms with Crippen LogP contribution in [0.25, 0.3) is 0 Å². The Morgan fingerprint density at radius 1 is 1.53 bits per heavy atom. The van der Waals surface area contributed by atoms with Crippen molar-refractivity contribution in [3.63, 3.8) is 0 Å². The maximum Gasteiger partial charge on any atom is 0.321 e. The van der Waals surface area contributed by atoms with E-state index in [1.54, 1.807) is 0 Å². The summed E-state index contributed by atoms with van der Waals surface area (Å²) in [5, 5.41) is 8.51. The number of carboxylic acids is 1. The standard InChI is InChI=1S/C10H10BrClFNO4S/c1-5(10(15)16)14(2)19(17,18)9-7(11)3-6(13)4-8(9)12/h3-5H,1-2H3,(H,15,16). The molecule has 0 heterocycles. The molecular formula is C10H10BrClFNO4S. The van der Waals surface area contributed by atoms with Crippen molar-refractivity contribution in [1.29, 1.82) is 0 Å². The summed E-state index contributed by atoms with van der Waals surface area (Å²) in [6.45, 7) is 1.21. The van der Waals surface area contributed by atoms with Crippen molar-refractivity contribution < 1.29 is 22.7 Å². The number of carboxylic acid groups (broad SMARTS) is 1. The molecule has 0 fully saturated rings. The molecule has 9 heteroatoms. The number of nitrogens with zero attached hydrogens (tertiary/aromatic N) is 1. The van der Waals surface area contributed by atoms with Crippen molar-refractivity contribution in [2.45, 2.75) is 17.9 Å². The highest BCUT2D eigenvalue weighted by Crippen LogP contribution is 2.33. The molecule has 1 unspecified atom stereocenters. The molecule has 0 spiro atoms. The molecule has 0 aliphatic carbocycles. The van der Waals surface area contributed by atoms with Crippen molar-refractivity contribution in [1.82, 2.24) is 4.31 Å². The topological polar surface area (TPSA) is 74.7 Å². The fourth-order valence-electron chi connectivity index (χ4n) is 1.28. The van der Waals surface area contributed by atoms with Gasteiger partial charge in [-0.05, 0) is 35.0 Å². The fourth-order valence-corrected chi connectivity index (χ4v) is 4.35. The third-order valence-electron chi connectivity index (χ3n) is 2.50. The number of hydrogen-bond donors (Lipinski definition) is 1. The van der Waals surface area contributed by atoms with Gasteiger partial charge in [-0.1, -0.05) is 11.6 Å². The summed E-state index contributed by atoms with van der Waals surface area (Å²) < 4.78 is 38.2. The van der Waals surface area contributed by atoms with Gasteiger partial charge in [0.1, 0.15) is 16.8 Å². The average Bonchev–Trinajstić information content (AvgIpc) is 2.24. The number of likely N-dealkylation sites (N-methyl/N-ethyl adjacent to an activating group) is 1. The second kappa shape index (κ2) is 5.74. The molecule has 1 N–H and O–H groups in total. The molecule has 0 aliphatic rings. The van der Waals surface area contributed by atoms with Gasteiger partial charge in [0, 0.05) is 11.5 Å². The van der Waals surface area contributed by atoms with E-state index >= 15 is 0 Å². The maximum absolute atomic E-state index is 13.1. The first-order valence-corrected chi connectivity index (χ1v) is 7.55. The largest absolute Gasteiger partial charge is 0.480 e. The third-order valence-corrected chi connectivity index (χ3v) is 5.83. The number of rotatable bonds is 4. The van der Waals surface area contributed by atoms with E-state index in [9.17, 15) is 17.6 Å². The monoisotopic (exact) mass is 373 g/mol. The summed E-state index contributed by atoms with van der Waals surface area (Å²) in [5.41, 5.74) is 0. The number of sulfonamides is 1. The fraction of sp³-hybridized carbons (Fsp3) is 0.300. The SMILES string of the molecule is CC(C(=O)O)N(C)S(=O)(=O)c1c(Cl)cc(F)cc1Br. The lowest BCUT2D eigenvalue weighted by atomic mass is 10.3. The molecule has 0 aromatic heterocycles. The van der Waals surface area contributed by atoms with Gasteiger partial charge in [-0.2, -0.15) is 4.31 Å². The van der Waals surface area contributed by atoms with Crippen molar-refractivity contribution in [3.05, 3.63) is 27.4 Å². The molecule has 0 radical (unpaired) electrons. The van der Waals surface area contributed by atoms with Crippen molar-refractivity contribution in [3.8, 4) is 0 Å². The van der Waals surface area contributed by atoms with Crippen LogP contribution in [0.15, 0.2) is 21.5 Å². The van der Waals surface area contributed by atoms with E-state index in [1.807, 2.05) is 0 Å². The first kappa shape index (κ1) is 16.4. The zero-order chi connectivity index (χ0) is 15.0. The molecule has 0 saturated carbocycles. The molecule has 1 rings (SSSR count). The van der Waals surface area contributed by atoms with Gasteiger partial charge < -0.3 is 5.11 Å². The minimum absolute atomic E-state index is 0.0676. The van der Waals surface area contributed by atoms with Crippen LogP contribution in [-0.4, -0.2) is 36.9 Å². The normalized spacial score (nSPS) is 13.6. The second-order valence-electron chi connectivity index (χ2n) is 3.73. The van der Waals surface area contributed by atoms with Crippen LogP contribution in [0.5, 0.6) is 0 Å². The molecule has 1 atom stereocenters. The van der Waals surface area contributed by atoms with Crippen LogP contribution in [0.4, 0.5) is 4.39 Å². The minimum Gasteiger partial charge on any atom is -0.480 e. The number of aliphatic carboxylic acids is 1. The molecule has 0 aliphatic heterocycles. The third kappa shape index (κ3) is 3.25. The highest BCUT2D eigenvalue weighted by molar-refractivity contribution is 9.10. The zero-order valence-corrected chi connectivity index (χ0v) is 13.1. The van der Waals surface area contributed by atoms with E-state index in [4.69, 9.17) is 16.7 Å². The Morgan fingerprint density at radius 3 is 2.47 bits per heavy atom. The molecular weight excluding hydrogens is 365 g/mol. The van der Waals surface area contributed by atoms with Gasteiger partial charge in [0.25, 0.3) is 0 Å². The van der Waals surface area contributed by atoms with Gasteiger partial charge >= 0.3 is 5.97 Å². The predicted octanol–water partition coefficient (Wildman–Crippen LogP) is 2.34. The molecule has 0 amide bonds. The van der Waals surface area contributed by atoms with E-state index in [1.165, 1.54) is 6.92 Å². The number of halogens is 3. The van der Waals surface area contributed by atoms with Gasteiger partial charge in [0.2, 0.25) is 10.0 Å². The molecule has 1 aromatic rings. The van der Waals surface area contributed by atoms with E-state index in [0.29, 0.717) is 4.31 Å². The quantitative estimate of drug-likeness (QED) is 0.878. The summed E-state index contributed by atoms with van der Waals surface area (Å²) >= 11 is 8.63. The Bertz CT molecular complexity index is 599. The highest BCUT2D eigenvalue weighted by atomic mass is 79.9. The Balaban J connectivity index is 3.40. The van der Waals surface area contributed by atoms with Crippen LogP contribution in [0.2, 0.25) is 5.02 Å². The van der Waals surface area contributed by atoms with Crippen LogP contribution >= 0.6 is 27.5 Å². The summed E-state index contributed by atoms with van der Waals surface area (Å²) in [6.07, 6.45) is 0. The summed E-state index contributed by atoms with van der Waals surface area (Å²) in [6, 6.07) is 0.509. The number of hydrogen-bond acceptors (Lipinski definition) is 3. The first-order valence-electron chi connectivity index (χ1n) is 4.94. The average molecular weight is 375 g/mol. The Hall–Kier alpha value is -0.700. The van der Waals surface area contributed by atoms with E-state index in [-0.39, 0.29) is 14.4 Å². The van der Waals surface area contributed by atoms with E-state index < -0.39 is 27.9 Å². The van der Waals surface area contributed by atoms with Crippen LogP contribution in [0, 0.1) is 5.82 Å². The van der Waals surface area contributed by atoms with E-state index in [0.717, 1.165) is 19.2 Å². The van der Waals surface area contributed by atoms with Crippen molar-refractivity contribution in [2.24, 2.45) is 0 Å². The molecule has 106 valence electrons. The molecule has 19 heavy (non-hydrogen) atoms. The van der Waals surface area contributed by atoms with Crippen molar-refractivity contribution in [2.75, 3.05) is 7.05 Å². The predicted molar refractivity (Wildman–Crippen MR) is 71.2 cm³/mol. The molecule has 0 bridgehead atoms. The summed E-state index contributed by atoms with van der Waals surface area (Å²) in [4.78, 5) is 10.5. The van der Waals surface area contributed by atoms with Gasteiger partial charge in [-0.25, -0.2) is 12.8 Å². The maximum atomic E-state index is 13.1. The second-order valence-corrected chi connectivity index (χ2v) is 6.93. The molecule has 1 aromatic carbocycles. The van der Waals surface area contributed by atoms with Crippen LogP contribution in [0.1, 0.15) is 6.92 Å². The smallest absolute Gasteiger partial charge is 0.321 e. The Labute approximate surface area is 123 Å². The lowest BCUT2D eigenvalue weighted by molar-refractivity contribution is -0.140. The van der Waals surface area contributed by atoms with Crippen molar-refractivity contribution >= 4 is 43.5 Å². The number of benzene rings is 1. The lowest BCUT2D eigenvalue weighted by Gasteiger charge is -2.22. The first-order chi connectivity index (χ1) is 8.59. The van der Waals surface area contributed by atoms with Gasteiger partial charge in [-0.15, -0.1) is 0 Å².